The van der Waals surface area contributed by atoms with Crippen LogP contribution in [0.3, 0.4) is 0 Å². The second-order valence-electron chi connectivity index (χ2n) is 8.55. The fourth-order valence-corrected chi connectivity index (χ4v) is 5.93. The summed E-state index contributed by atoms with van der Waals surface area (Å²) in [5, 5.41) is 0.572. The zero-order chi connectivity index (χ0) is 22.9. The van der Waals surface area contributed by atoms with Gasteiger partial charge in [-0.2, -0.15) is 0 Å². The third-order valence-electron chi connectivity index (χ3n) is 6.45. The number of carbonyl (C=O) groups is 1. The molecule has 0 bridgehead atoms. The smallest absolute Gasteiger partial charge is 0.226 e. The highest BCUT2D eigenvalue weighted by atomic mass is 35.5. The molecule has 3 rings (SSSR count). The Kier molecular flexibility index (Phi) is 7.39. The van der Waals surface area contributed by atoms with E-state index in [0.29, 0.717) is 22.9 Å². The summed E-state index contributed by atoms with van der Waals surface area (Å²) >= 11 is 12.4. The molecule has 1 aliphatic heterocycles. The summed E-state index contributed by atoms with van der Waals surface area (Å²) in [6.07, 6.45) is 2.44. The first-order chi connectivity index (χ1) is 14.5. The summed E-state index contributed by atoms with van der Waals surface area (Å²) in [6.45, 7) is 5.55. The average Bonchev–Trinajstić information content (AvgIpc) is 2.71. The Morgan fingerprint density at radius 3 is 2.26 bits per heavy atom. The lowest BCUT2D eigenvalue weighted by Crippen LogP contribution is -2.55. The maximum absolute atomic E-state index is 13.5. The number of likely N-dealkylation sites (tertiary alicyclic amines) is 1. The molecule has 7 heteroatoms. The van der Waals surface area contributed by atoms with E-state index in [4.69, 9.17) is 23.2 Å². The minimum absolute atomic E-state index is 0.0134. The van der Waals surface area contributed by atoms with Gasteiger partial charge in [-0.1, -0.05) is 61.3 Å². The highest BCUT2D eigenvalue weighted by Gasteiger charge is 2.46. The minimum Gasteiger partial charge on any atom is -0.331 e. The fraction of sp³-hybridized carbons (Fsp3) is 0.458. The molecule has 4 nitrogen and oxygen atoms in total. The topological polar surface area (TPSA) is 54.5 Å². The summed E-state index contributed by atoms with van der Waals surface area (Å²) in [4.78, 5) is 15.4. The number of halogens is 2. The third-order valence-corrected chi connectivity index (χ3v) is 8.60. The molecule has 1 saturated heterocycles. The van der Waals surface area contributed by atoms with Crippen LogP contribution in [0.25, 0.3) is 0 Å². The fourth-order valence-electron chi connectivity index (χ4n) is 4.71. The van der Waals surface area contributed by atoms with Crippen LogP contribution >= 0.6 is 23.2 Å². The predicted octanol–water partition coefficient (Wildman–Crippen LogP) is 5.90. The normalized spacial score (nSPS) is 24.1. The van der Waals surface area contributed by atoms with E-state index in [1.54, 1.807) is 6.92 Å². The molecule has 1 aliphatic rings. The molecular formula is C24H29Cl2NO3S. The van der Waals surface area contributed by atoms with Crippen molar-refractivity contribution < 1.29 is 13.2 Å². The summed E-state index contributed by atoms with van der Waals surface area (Å²) in [5.74, 6) is -0.262. The first-order valence-corrected chi connectivity index (χ1v) is 13.3. The summed E-state index contributed by atoms with van der Waals surface area (Å²) in [6, 6.07) is 14.5. The van der Waals surface area contributed by atoms with Crippen LogP contribution < -0.4 is 0 Å². The number of piperidine rings is 1. The third kappa shape index (κ3) is 5.10. The Morgan fingerprint density at radius 2 is 1.71 bits per heavy atom. The van der Waals surface area contributed by atoms with Gasteiger partial charge in [0.2, 0.25) is 5.91 Å². The Bertz CT molecular complexity index is 1040. The van der Waals surface area contributed by atoms with E-state index < -0.39 is 21.1 Å². The molecule has 0 aromatic heterocycles. The van der Waals surface area contributed by atoms with Crippen LogP contribution in [0.5, 0.6) is 0 Å². The summed E-state index contributed by atoms with van der Waals surface area (Å²) in [7, 11) is -3.34. The van der Waals surface area contributed by atoms with Crippen LogP contribution in [-0.4, -0.2) is 36.8 Å². The lowest BCUT2D eigenvalue weighted by atomic mass is 9.75. The molecular weight excluding hydrogens is 453 g/mol. The van der Waals surface area contributed by atoms with Crippen molar-refractivity contribution >= 4 is 38.9 Å². The van der Waals surface area contributed by atoms with Gasteiger partial charge in [0.25, 0.3) is 0 Å². The van der Waals surface area contributed by atoms with Crippen molar-refractivity contribution in [2.75, 3.05) is 6.26 Å². The van der Waals surface area contributed by atoms with Crippen LogP contribution in [0.4, 0.5) is 0 Å². The van der Waals surface area contributed by atoms with Gasteiger partial charge in [0, 0.05) is 34.2 Å². The quantitative estimate of drug-likeness (QED) is 0.515. The van der Waals surface area contributed by atoms with Crippen molar-refractivity contribution in [3.63, 3.8) is 0 Å². The molecule has 1 heterocycles. The van der Waals surface area contributed by atoms with Crippen LogP contribution in [0.15, 0.2) is 48.5 Å². The zero-order valence-corrected chi connectivity index (χ0v) is 20.6. The Morgan fingerprint density at radius 1 is 1.06 bits per heavy atom. The second kappa shape index (κ2) is 9.51. The van der Waals surface area contributed by atoms with Gasteiger partial charge in [0.15, 0.2) is 9.84 Å². The number of sulfone groups is 1. The molecule has 0 saturated carbocycles. The van der Waals surface area contributed by atoms with Crippen molar-refractivity contribution in [2.45, 2.75) is 56.9 Å². The highest BCUT2D eigenvalue weighted by Crippen LogP contribution is 2.47. The number of carbonyl (C=O) groups excluding carboxylic acids is 1. The highest BCUT2D eigenvalue weighted by molar-refractivity contribution is 7.91. The van der Waals surface area contributed by atoms with Gasteiger partial charge in [0.05, 0.1) is 11.3 Å². The molecule has 0 N–H and O–H groups in total. The van der Waals surface area contributed by atoms with Gasteiger partial charge in [-0.15, -0.1) is 0 Å². The Balaban J connectivity index is 2.20. The number of hydrogen-bond acceptors (Lipinski definition) is 3. The molecule has 0 unspecified atom stereocenters. The van der Waals surface area contributed by atoms with Gasteiger partial charge >= 0.3 is 0 Å². The predicted molar refractivity (Wildman–Crippen MR) is 127 cm³/mol. The van der Waals surface area contributed by atoms with Crippen LogP contribution in [-0.2, 0) is 14.6 Å². The summed E-state index contributed by atoms with van der Waals surface area (Å²) < 4.78 is 24.9. The molecule has 5 atom stereocenters. The lowest BCUT2D eigenvalue weighted by Gasteiger charge is -2.49. The van der Waals surface area contributed by atoms with E-state index in [-0.39, 0.29) is 23.8 Å². The van der Waals surface area contributed by atoms with Crippen molar-refractivity contribution in [3.8, 4) is 0 Å². The molecule has 0 aliphatic carbocycles. The molecule has 1 amide bonds. The zero-order valence-electron chi connectivity index (χ0n) is 18.3. The first-order valence-electron chi connectivity index (χ1n) is 10.6. The van der Waals surface area contributed by atoms with Gasteiger partial charge in [0.1, 0.15) is 0 Å². The average molecular weight is 482 g/mol. The van der Waals surface area contributed by atoms with Crippen LogP contribution in [0.2, 0.25) is 10.0 Å². The largest absolute Gasteiger partial charge is 0.331 e. The van der Waals surface area contributed by atoms with E-state index >= 15 is 0 Å². The number of nitrogens with zero attached hydrogens (tertiary/aromatic N) is 1. The van der Waals surface area contributed by atoms with E-state index in [2.05, 4.69) is 0 Å². The second-order valence-corrected chi connectivity index (χ2v) is 11.8. The van der Waals surface area contributed by atoms with Crippen molar-refractivity contribution in [1.29, 1.82) is 0 Å². The van der Waals surface area contributed by atoms with Crippen molar-refractivity contribution in [3.05, 3.63) is 69.7 Å². The molecule has 2 aromatic rings. The monoisotopic (exact) mass is 481 g/mol. The summed E-state index contributed by atoms with van der Waals surface area (Å²) in [5.41, 5.74) is 1.98. The number of hydrogen-bond donors (Lipinski definition) is 0. The van der Waals surface area contributed by atoms with Gasteiger partial charge in [-0.25, -0.2) is 8.42 Å². The van der Waals surface area contributed by atoms with E-state index in [0.717, 1.165) is 11.1 Å². The SMILES string of the molecule is CC[C@@H]([C@@H](C)S(C)(=O)=O)N1C(=O)[C@H](C)C[C@H](c2cccc(Cl)c2)[C@H]1c1ccc(Cl)cc1. The van der Waals surface area contributed by atoms with Gasteiger partial charge in [-0.05, 0) is 55.2 Å². The molecule has 2 aromatic carbocycles. The van der Waals surface area contributed by atoms with E-state index in [1.165, 1.54) is 6.26 Å². The molecule has 31 heavy (non-hydrogen) atoms. The van der Waals surface area contributed by atoms with Gasteiger partial charge < -0.3 is 4.90 Å². The Labute approximate surface area is 195 Å². The van der Waals surface area contributed by atoms with Crippen molar-refractivity contribution in [2.24, 2.45) is 5.92 Å². The minimum atomic E-state index is -3.34. The molecule has 0 spiro atoms. The van der Waals surface area contributed by atoms with E-state index in [9.17, 15) is 13.2 Å². The van der Waals surface area contributed by atoms with Crippen LogP contribution in [0, 0.1) is 5.92 Å². The van der Waals surface area contributed by atoms with Crippen LogP contribution in [0.1, 0.15) is 56.7 Å². The number of benzene rings is 2. The Hall–Kier alpha value is -1.56. The standard InChI is InChI=1S/C24H29Cl2NO3S/c1-5-22(16(3)31(4,29)30)27-23(17-9-11-19(25)12-10-17)21(13-15(2)24(27)28)18-7-6-8-20(26)14-18/h6-12,14-16,21-23H,5,13H2,1-4H3/t15-,16-,21-,22+,23-/m1/s1. The molecule has 168 valence electrons. The lowest BCUT2D eigenvalue weighted by molar-refractivity contribution is -0.146. The van der Waals surface area contributed by atoms with Crippen molar-refractivity contribution in [1.82, 2.24) is 4.90 Å². The number of amides is 1. The first kappa shape index (κ1) is 24.1. The maximum Gasteiger partial charge on any atom is 0.226 e. The maximum atomic E-state index is 13.5. The molecule has 0 radical (unpaired) electrons. The van der Waals surface area contributed by atoms with E-state index in [1.807, 2.05) is 67.3 Å². The van der Waals surface area contributed by atoms with Gasteiger partial charge in [-0.3, -0.25) is 4.79 Å². The molecule has 1 fully saturated rings. The number of rotatable bonds is 6.